The fourth-order valence-corrected chi connectivity index (χ4v) is 5.34. The second-order valence-electron chi connectivity index (χ2n) is 7.45. The molecule has 0 N–H and O–H groups in total. The van der Waals surface area contributed by atoms with E-state index in [0.717, 1.165) is 22.4 Å². The van der Waals surface area contributed by atoms with Crippen LogP contribution in [0.3, 0.4) is 0 Å². The van der Waals surface area contributed by atoms with Crippen LogP contribution in [0.5, 0.6) is 0 Å². The summed E-state index contributed by atoms with van der Waals surface area (Å²) in [6.07, 6.45) is 0.719. The number of benzene rings is 2. The smallest absolute Gasteiger partial charge is 0.223 e. The molecule has 1 aromatic heterocycles. The lowest BCUT2D eigenvalue weighted by Gasteiger charge is -2.22. The summed E-state index contributed by atoms with van der Waals surface area (Å²) in [4.78, 5) is 17.3. The van der Waals surface area contributed by atoms with E-state index in [2.05, 4.69) is 0 Å². The van der Waals surface area contributed by atoms with Crippen molar-refractivity contribution in [3.05, 3.63) is 87.6 Å². The number of rotatable bonds is 9. The minimum absolute atomic E-state index is 0.0185. The number of carbonyl (C=O) groups excluding carboxylic acids is 1. The van der Waals surface area contributed by atoms with E-state index < -0.39 is 9.84 Å². The summed E-state index contributed by atoms with van der Waals surface area (Å²) in [5, 5.41) is 0. The highest BCUT2D eigenvalue weighted by Gasteiger charge is 2.20. The summed E-state index contributed by atoms with van der Waals surface area (Å²) in [6, 6.07) is 20.9. The van der Waals surface area contributed by atoms with Gasteiger partial charge in [0, 0.05) is 22.7 Å². The van der Waals surface area contributed by atoms with Gasteiger partial charge in [-0.2, -0.15) is 0 Å². The van der Waals surface area contributed by atoms with Gasteiger partial charge >= 0.3 is 0 Å². The number of hydrogen-bond donors (Lipinski definition) is 0. The van der Waals surface area contributed by atoms with Crippen molar-refractivity contribution < 1.29 is 13.2 Å². The van der Waals surface area contributed by atoms with Gasteiger partial charge in [0.2, 0.25) is 5.91 Å². The third kappa shape index (κ3) is 6.28. The molecule has 0 fully saturated rings. The Labute approximate surface area is 183 Å². The topological polar surface area (TPSA) is 54.5 Å². The van der Waals surface area contributed by atoms with Crippen LogP contribution in [0.1, 0.15) is 27.3 Å². The van der Waals surface area contributed by atoms with E-state index in [0.29, 0.717) is 13.1 Å². The number of nitrogens with zero attached hydrogens (tertiary/aromatic N) is 1. The minimum atomic E-state index is -3.49. The van der Waals surface area contributed by atoms with E-state index in [1.807, 2.05) is 56.3 Å². The van der Waals surface area contributed by atoms with Gasteiger partial charge < -0.3 is 4.90 Å². The zero-order valence-corrected chi connectivity index (χ0v) is 19.0. The average molecular weight is 442 g/mol. The quantitative estimate of drug-likeness (QED) is 0.479. The van der Waals surface area contributed by atoms with E-state index in [1.54, 1.807) is 40.5 Å². The number of thiophene rings is 1. The molecule has 2 aromatic carbocycles. The Bertz CT molecular complexity index is 1070. The maximum absolute atomic E-state index is 13.0. The van der Waals surface area contributed by atoms with Gasteiger partial charge in [0.05, 0.1) is 17.2 Å². The van der Waals surface area contributed by atoms with Crippen LogP contribution in [-0.2, 0) is 27.6 Å². The van der Waals surface area contributed by atoms with Gasteiger partial charge in [-0.25, -0.2) is 8.42 Å². The molecule has 0 aliphatic carbocycles. The van der Waals surface area contributed by atoms with Crippen molar-refractivity contribution in [3.8, 4) is 0 Å². The van der Waals surface area contributed by atoms with Crippen LogP contribution >= 0.6 is 11.3 Å². The fourth-order valence-electron chi connectivity index (χ4n) is 3.20. The van der Waals surface area contributed by atoms with Gasteiger partial charge in [0.1, 0.15) is 0 Å². The lowest BCUT2D eigenvalue weighted by Crippen LogP contribution is -2.33. The van der Waals surface area contributed by atoms with Crippen molar-refractivity contribution in [2.24, 2.45) is 0 Å². The molecule has 0 unspecified atom stereocenters. The molecule has 1 heterocycles. The number of carbonyl (C=O) groups is 1. The Hall–Kier alpha value is -2.44. The Morgan fingerprint density at radius 3 is 2.27 bits per heavy atom. The number of hydrogen-bond acceptors (Lipinski definition) is 4. The van der Waals surface area contributed by atoms with E-state index in [1.165, 1.54) is 4.88 Å². The molecule has 3 rings (SSSR count). The van der Waals surface area contributed by atoms with Crippen LogP contribution < -0.4 is 0 Å². The van der Waals surface area contributed by atoms with Crippen LogP contribution in [0.2, 0.25) is 0 Å². The molecule has 0 radical (unpaired) electrons. The molecule has 6 heteroatoms. The molecule has 30 heavy (non-hydrogen) atoms. The van der Waals surface area contributed by atoms with Gasteiger partial charge in [0.15, 0.2) is 9.84 Å². The highest BCUT2D eigenvalue weighted by molar-refractivity contribution is 7.91. The first-order chi connectivity index (χ1) is 14.3. The molecule has 4 nitrogen and oxygen atoms in total. The molecule has 158 valence electrons. The van der Waals surface area contributed by atoms with Crippen molar-refractivity contribution >= 4 is 27.1 Å². The van der Waals surface area contributed by atoms with Gasteiger partial charge in [-0.05, 0) is 50.1 Å². The molecular weight excluding hydrogens is 414 g/mol. The summed E-state index contributed by atoms with van der Waals surface area (Å²) in [5.74, 6) is -0.312. The molecule has 0 atom stereocenters. The van der Waals surface area contributed by atoms with E-state index in [9.17, 15) is 13.2 Å². The van der Waals surface area contributed by atoms with E-state index in [4.69, 9.17) is 0 Å². The highest BCUT2D eigenvalue weighted by atomic mass is 32.2. The Morgan fingerprint density at radius 1 is 0.933 bits per heavy atom. The standard InChI is InChI=1S/C24H27NO3S2/c1-19-8-12-23(13-9-19)30(27,28)17-15-24(26)25(18-22-11-10-20(2)29-22)16-14-21-6-4-3-5-7-21/h3-13H,14-18H2,1-2H3. The zero-order valence-electron chi connectivity index (χ0n) is 17.4. The third-order valence-corrected chi connectivity index (χ3v) is 7.69. The Kier molecular flexibility index (Phi) is 7.45. The second-order valence-corrected chi connectivity index (χ2v) is 10.9. The Morgan fingerprint density at radius 2 is 1.63 bits per heavy atom. The first kappa shape index (κ1) is 22.2. The maximum atomic E-state index is 13.0. The molecule has 0 aliphatic rings. The third-order valence-electron chi connectivity index (χ3n) is 4.97. The minimum Gasteiger partial charge on any atom is -0.337 e. The average Bonchev–Trinajstić information content (AvgIpc) is 3.15. The van der Waals surface area contributed by atoms with Crippen LogP contribution in [0.25, 0.3) is 0 Å². The van der Waals surface area contributed by atoms with Crippen LogP contribution in [0.15, 0.2) is 71.6 Å². The fraction of sp³-hybridized carbons (Fsp3) is 0.292. The molecular formula is C24H27NO3S2. The van der Waals surface area contributed by atoms with Crippen LogP contribution in [-0.4, -0.2) is 31.5 Å². The zero-order chi connectivity index (χ0) is 21.6. The lowest BCUT2D eigenvalue weighted by molar-refractivity contribution is -0.131. The van der Waals surface area contributed by atoms with Crippen molar-refractivity contribution in [1.82, 2.24) is 4.90 Å². The molecule has 0 saturated heterocycles. The van der Waals surface area contributed by atoms with Gasteiger partial charge in [0.25, 0.3) is 0 Å². The first-order valence-corrected chi connectivity index (χ1v) is 12.5. The van der Waals surface area contributed by atoms with Crippen LogP contribution in [0, 0.1) is 13.8 Å². The summed E-state index contributed by atoms with van der Waals surface area (Å²) < 4.78 is 25.3. The van der Waals surface area contributed by atoms with Crippen molar-refractivity contribution in [2.45, 2.75) is 38.1 Å². The van der Waals surface area contributed by atoms with Gasteiger partial charge in [-0.15, -0.1) is 11.3 Å². The summed E-state index contributed by atoms with van der Waals surface area (Å²) >= 11 is 1.66. The predicted molar refractivity (Wildman–Crippen MR) is 122 cm³/mol. The SMILES string of the molecule is Cc1ccc(S(=O)(=O)CCC(=O)N(CCc2ccccc2)Cc2ccc(C)s2)cc1. The first-order valence-electron chi connectivity index (χ1n) is 10.00. The van der Waals surface area contributed by atoms with E-state index >= 15 is 0 Å². The van der Waals surface area contributed by atoms with Crippen LogP contribution in [0.4, 0.5) is 0 Å². The summed E-state index contributed by atoms with van der Waals surface area (Å²) in [7, 11) is -3.49. The van der Waals surface area contributed by atoms with E-state index in [-0.39, 0.29) is 23.0 Å². The molecule has 0 spiro atoms. The Balaban J connectivity index is 1.67. The maximum Gasteiger partial charge on any atom is 0.223 e. The molecule has 0 bridgehead atoms. The lowest BCUT2D eigenvalue weighted by atomic mass is 10.1. The predicted octanol–water partition coefficient (Wildman–Crippen LogP) is 4.80. The molecule has 0 saturated carbocycles. The van der Waals surface area contributed by atoms with Gasteiger partial charge in [-0.3, -0.25) is 4.79 Å². The van der Waals surface area contributed by atoms with Crippen molar-refractivity contribution in [3.63, 3.8) is 0 Å². The number of sulfone groups is 1. The highest BCUT2D eigenvalue weighted by Crippen LogP contribution is 2.19. The van der Waals surface area contributed by atoms with Crippen molar-refractivity contribution in [1.29, 1.82) is 0 Å². The largest absolute Gasteiger partial charge is 0.337 e. The van der Waals surface area contributed by atoms with Crippen molar-refractivity contribution in [2.75, 3.05) is 12.3 Å². The number of aryl methyl sites for hydroxylation is 2. The normalized spacial score (nSPS) is 11.4. The number of amides is 1. The molecule has 0 aliphatic heterocycles. The molecule has 3 aromatic rings. The second kappa shape index (κ2) is 10.0. The monoisotopic (exact) mass is 441 g/mol. The molecule has 1 amide bonds. The van der Waals surface area contributed by atoms with Gasteiger partial charge in [-0.1, -0.05) is 48.0 Å². The summed E-state index contributed by atoms with van der Waals surface area (Å²) in [5.41, 5.74) is 2.16. The summed E-state index contributed by atoms with van der Waals surface area (Å²) in [6.45, 7) is 5.02.